The summed E-state index contributed by atoms with van der Waals surface area (Å²) < 4.78 is 32.2. The Morgan fingerprint density at radius 1 is 1.13 bits per heavy atom. The highest BCUT2D eigenvalue weighted by atomic mass is 32.2. The van der Waals surface area contributed by atoms with E-state index in [0.29, 0.717) is 5.75 Å². The lowest BCUT2D eigenvalue weighted by atomic mass is 9.96. The van der Waals surface area contributed by atoms with Crippen molar-refractivity contribution in [1.29, 1.82) is 0 Å². The van der Waals surface area contributed by atoms with Crippen LogP contribution in [0.4, 0.5) is 11.4 Å². The lowest BCUT2D eigenvalue weighted by Crippen LogP contribution is -2.38. The second kappa shape index (κ2) is 9.44. The molecule has 0 radical (unpaired) electrons. The molecule has 1 aliphatic rings. The lowest BCUT2D eigenvalue weighted by Gasteiger charge is -2.30. The van der Waals surface area contributed by atoms with E-state index in [1.54, 1.807) is 7.05 Å². The van der Waals surface area contributed by atoms with E-state index in [4.69, 9.17) is 4.74 Å². The number of nitro benzene ring substituents is 1. The van der Waals surface area contributed by atoms with Crippen LogP contribution in [-0.2, 0) is 10.0 Å². The van der Waals surface area contributed by atoms with Gasteiger partial charge in [0.05, 0.1) is 23.0 Å². The summed E-state index contributed by atoms with van der Waals surface area (Å²) in [5.41, 5.74) is -0.102. The smallest absolute Gasteiger partial charge is 0.296 e. The minimum Gasteiger partial charge on any atom is -0.496 e. The van der Waals surface area contributed by atoms with Crippen LogP contribution >= 0.6 is 0 Å². The van der Waals surface area contributed by atoms with Crippen molar-refractivity contribution in [3.63, 3.8) is 0 Å². The Morgan fingerprint density at radius 3 is 2.35 bits per heavy atom. The maximum atomic E-state index is 12.9. The van der Waals surface area contributed by atoms with Crippen LogP contribution in [0.3, 0.4) is 0 Å². The number of anilines is 1. The summed E-state index contributed by atoms with van der Waals surface area (Å²) >= 11 is 0. The van der Waals surface area contributed by atoms with Crippen LogP contribution in [0.2, 0.25) is 0 Å². The van der Waals surface area contributed by atoms with Crippen molar-refractivity contribution < 1.29 is 22.9 Å². The summed E-state index contributed by atoms with van der Waals surface area (Å²) in [4.78, 5) is 23.3. The minimum atomic E-state index is -3.67. The van der Waals surface area contributed by atoms with E-state index in [0.717, 1.165) is 32.1 Å². The van der Waals surface area contributed by atoms with Crippen LogP contribution in [0.5, 0.6) is 5.75 Å². The van der Waals surface area contributed by atoms with Crippen LogP contribution in [0.25, 0.3) is 0 Å². The Bertz CT molecular complexity index is 1060. The van der Waals surface area contributed by atoms with Gasteiger partial charge in [-0.3, -0.25) is 14.9 Å². The molecule has 1 aliphatic carbocycles. The molecule has 2 aromatic carbocycles. The largest absolute Gasteiger partial charge is 0.496 e. The number of sulfonamides is 1. The topological polar surface area (TPSA) is 119 Å². The molecule has 2 aromatic rings. The van der Waals surface area contributed by atoms with Gasteiger partial charge in [-0.1, -0.05) is 19.3 Å². The first kappa shape index (κ1) is 22.7. The number of amides is 1. The molecular formula is C21H25N3O6S. The number of nitrogens with one attached hydrogen (secondary N) is 1. The van der Waals surface area contributed by atoms with Gasteiger partial charge in [0, 0.05) is 18.7 Å². The van der Waals surface area contributed by atoms with Gasteiger partial charge >= 0.3 is 0 Å². The average molecular weight is 448 g/mol. The first-order chi connectivity index (χ1) is 14.7. The molecule has 0 aromatic heterocycles. The number of nitrogens with zero attached hydrogens (tertiary/aromatic N) is 2. The molecule has 0 unspecified atom stereocenters. The fourth-order valence-electron chi connectivity index (χ4n) is 3.68. The molecule has 1 N–H and O–H groups in total. The van der Waals surface area contributed by atoms with Crippen LogP contribution in [0.15, 0.2) is 47.4 Å². The molecule has 0 saturated heterocycles. The summed E-state index contributed by atoms with van der Waals surface area (Å²) in [5.74, 6) is -0.292. The van der Waals surface area contributed by atoms with E-state index in [1.165, 1.54) is 53.9 Å². The highest BCUT2D eigenvalue weighted by Crippen LogP contribution is 2.30. The number of hydrogen-bond acceptors (Lipinski definition) is 6. The second-order valence-corrected chi connectivity index (χ2v) is 9.43. The minimum absolute atomic E-state index is 0.0163. The molecule has 1 saturated carbocycles. The van der Waals surface area contributed by atoms with E-state index in [-0.39, 0.29) is 27.9 Å². The monoisotopic (exact) mass is 447 g/mol. The van der Waals surface area contributed by atoms with Crippen molar-refractivity contribution in [2.24, 2.45) is 0 Å². The fraction of sp³-hybridized carbons (Fsp3) is 0.381. The van der Waals surface area contributed by atoms with E-state index < -0.39 is 20.9 Å². The van der Waals surface area contributed by atoms with Gasteiger partial charge in [-0.2, -0.15) is 4.31 Å². The number of hydrogen-bond donors (Lipinski definition) is 1. The van der Waals surface area contributed by atoms with Crippen molar-refractivity contribution in [2.75, 3.05) is 19.5 Å². The van der Waals surface area contributed by atoms with Gasteiger partial charge in [0.15, 0.2) is 0 Å². The van der Waals surface area contributed by atoms with Crippen LogP contribution in [0, 0.1) is 10.1 Å². The zero-order valence-corrected chi connectivity index (χ0v) is 18.2. The number of benzene rings is 2. The molecular weight excluding hydrogens is 422 g/mol. The number of ether oxygens (including phenoxy) is 1. The number of rotatable bonds is 7. The molecule has 3 rings (SSSR count). The van der Waals surface area contributed by atoms with E-state index in [2.05, 4.69) is 5.32 Å². The van der Waals surface area contributed by atoms with Crippen LogP contribution in [0.1, 0.15) is 42.5 Å². The van der Waals surface area contributed by atoms with E-state index in [9.17, 15) is 23.3 Å². The van der Waals surface area contributed by atoms with Gasteiger partial charge < -0.3 is 10.1 Å². The zero-order valence-electron chi connectivity index (χ0n) is 17.4. The quantitative estimate of drug-likeness (QED) is 0.509. The fourth-order valence-corrected chi connectivity index (χ4v) is 5.09. The van der Waals surface area contributed by atoms with Crippen molar-refractivity contribution >= 4 is 27.3 Å². The predicted octanol–water partition coefficient (Wildman–Crippen LogP) is 3.81. The van der Waals surface area contributed by atoms with Crippen molar-refractivity contribution in [3.8, 4) is 5.75 Å². The number of nitro groups is 1. The summed E-state index contributed by atoms with van der Waals surface area (Å²) in [6, 6.07) is 9.63. The molecule has 9 nitrogen and oxygen atoms in total. The number of methoxy groups -OCH3 is 1. The molecule has 166 valence electrons. The normalized spacial score (nSPS) is 14.9. The van der Waals surface area contributed by atoms with Gasteiger partial charge in [0.25, 0.3) is 11.6 Å². The summed E-state index contributed by atoms with van der Waals surface area (Å²) in [7, 11) is -0.688. The van der Waals surface area contributed by atoms with E-state index >= 15 is 0 Å². The third-order valence-corrected chi connectivity index (χ3v) is 7.46. The molecule has 0 heterocycles. The Kier molecular flexibility index (Phi) is 6.91. The van der Waals surface area contributed by atoms with Crippen molar-refractivity contribution in [2.45, 2.75) is 43.0 Å². The van der Waals surface area contributed by atoms with Crippen molar-refractivity contribution in [1.82, 2.24) is 4.31 Å². The summed E-state index contributed by atoms with van der Waals surface area (Å²) in [5, 5.41) is 13.8. The predicted molar refractivity (Wildman–Crippen MR) is 116 cm³/mol. The second-order valence-electron chi connectivity index (χ2n) is 7.43. The number of carbonyl (C=O) groups is 1. The van der Waals surface area contributed by atoms with Gasteiger partial charge in [-0.15, -0.1) is 0 Å². The molecule has 1 amide bonds. The standard InChI is InChI=1S/C21H25N3O6S/c1-23(16-6-4-3-5-7-16)31(28,29)18-11-8-15(9-12-18)21(25)22-19-13-10-17(30-2)14-20(19)24(26)27/h8-14,16H,3-7H2,1-2H3,(H,22,25). The Hall–Kier alpha value is -2.98. The van der Waals surface area contributed by atoms with Gasteiger partial charge in [0.2, 0.25) is 10.0 Å². The molecule has 31 heavy (non-hydrogen) atoms. The van der Waals surface area contributed by atoms with Gasteiger partial charge in [0.1, 0.15) is 11.4 Å². The maximum absolute atomic E-state index is 12.9. The summed E-state index contributed by atoms with van der Waals surface area (Å²) in [6.07, 6.45) is 4.84. The average Bonchev–Trinajstić information content (AvgIpc) is 2.79. The molecule has 1 fully saturated rings. The molecule has 0 aliphatic heterocycles. The van der Waals surface area contributed by atoms with Crippen LogP contribution < -0.4 is 10.1 Å². The third-order valence-electron chi connectivity index (χ3n) is 5.53. The SMILES string of the molecule is COc1ccc(NC(=O)c2ccc(S(=O)(=O)N(C)C3CCCCC3)cc2)c([N+](=O)[O-])c1. The lowest BCUT2D eigenvalue weighted by molar-refractivity contribution is -0.384. The van der Waals surface area contributed by atoms with Crippen LogP contribution in [-0.4, -0.2) is 43.8 Å². The Balaban J connectivity index is 1.77. The molecule has 0 spiro atoms. The van der Waals surface area contributed by atoms with E-state index in [1.807, 2.05) is 0 Å². The highest BCUT2D eigenvalue weighted by Gasteiger charge is 2.29. The third kappa shape index (κ3) is 5.02. The van der Waals surface area contributed by atoms with Gasteiger partial charge in [-0.05, 0) is 49.2 Å². The zero-order chi connectivity index (χ0) is 22.6. The van der Waals surface area contributed by atoms with Crippen molar-refractivity contribution in [3.05, 3.63) is 58.1 Å². The first-order valence-corrected chi connectivity index (χ1v) is 11.4. The summed E-state index contributed by atoms with van der Waals surface area (Å²) in [6.45, 7) is 0. The highest BCUT2D eigenvalue weighted by molar-refractivity contribution is 7.89. The molecule has 0 atom stereocenters. The Morgan fingerprint density at radius 2 is 1.77 bits per heavy atom. The Labute approximate surface area is 181 Å². The maximum Gasteiger partial charge on any atom is 0.296 e. The molecule has 10 heteroatoms. The molecule has 0 bridgehead atoms. The number of carbonyl (C=O) groups excluding carboxylic acids is 1. The first-order valence-electron chi connectivity index (χ1n) is 9.96. The van der Waals surface area contributed by atoms with Gasteiger partial charge in [-0.25, -0.2) is 8.42 Å².